The normalized spacial score (nSPS) is 17.7. The molecule has 11 nitrogen and oxygen atoms in total. The van der Waals surface area contributed by atoms with Crippen LogP contribution in [0.4, 0.5) is 43.5 Å². The zero-order valence-corrected chi connectivity index (χ0v) is 20.4. The molecule has 212 valence electrons. The Bertz CT molecular complexity index is 1300. The van der Waals surface area contributed by atoms with Crippen molar-refractivity contribution in [3.8, 4) is 0 Å². The summed E-state index contributed by atoms with van der Waals surface area (Å²) >= 11 is 0. The van der Waals surface area contributed by atoms with Gasteiger partial charge in [-0.25, -0.2) is 10.1 Å². The second kappa shape index (κ2) is 10.7. The Kier molecular flexibility index (Phi) is 7.72. The van der Waals surface area contributed by atoms with Gasteiger partial charge in [0.2, 0.25) is 5.91 Å². The van der Waals surface area contributed by atoms with Crippen molar-refractivity contribution in [2.24, 2.45) is 0 Å². The van der Waals surface area contributed by atoms with Gasteiger partial charge >= 0.3 is 12.4 Å². The summed E-state index contributed by atoms with van der Waals surface area (Å²) in [5, 5.41) is 7.50. The molecule has 39 heavy (non-hydrogen) atoms. The van der Waals surface area contributed by atoms with Crippen LogP contribution in [0.15, 0.2) is 23.3 Å². The summed E-state index contributed by atoms with van der Waals surface area (Å²) in [6.07, 6.45) is -8.02. The predicted octanol–water partition coefficient (Wildman–Crippen LogP) is 1.71. The maximum Gasteiger partial charge on any atom is 0.423 e. The number of H-pyrrole nitrogens is 1. The Morgan fingerprint density at radius 2 is 1.87 bits per heavy atom. The summed E-state index contributed by atoms with van der Waals surface area (Å²) in [5.41, 5.74) is -4.23. The van der Waals surface area contributed by atoms with Gasteiger partial charge in [0.15, 0.2) is 5.82 Å². The van der Waals surface area contributed by atoms with Crippen LogP contribution in [-0.2, 0) is 26.7 Å². The zero-order valence-electron chi connectivity index (χ0n) is 20.4. The first kappa shape index (κ1) is 28.1. The molecule has 17 heteroatoms. The van der Waals surface area contributed by atoms with Crippen molar-refractivity contribution < 1.29 is 40.7 Å². The van der Waals surface area contributed by atoms with Crippen LogP contribution in [0, 0.1) is 0 Å². The second-order valence-electron chi connectivity index (χ2n) is 8.79. The lowest BCUT2D eigenvalue weighted by atomic mass is 10.0. The number of amides is 2. The van der Waals surface area contributed by atoms with Crippen LogP contribution in [0.1, 0.15) is 17.5 Å². The van der Waals surface area contributed by atoms with E-state index in [0.29, 0.717) is 6.20 Å². The van der Waals surface area contributed by atoms with Gasteiger partial charge in [-0.15, -0.1) is 0 Å². The van der Waals surface area contributed by atoms with Crippen LogP contribution >= 0.6 is 0 Å². The van der Waals surface area contributed by atoms with Gasteiger partial charge in [0.05, 0.1) is 49.3 Å². The molecule has 0 spiro atoms. The average Bonchev–Trinajstić information content (AvgIpc) is 2.87. The first-order valence-corrected chi connectivity index (χ1v) is 11.6. The highest BCUT2D eigenvalue weighted by atomic mass is 19.4. The van der Waals surface area contributed by atoms with Crippen molar-refractivity contribution in [2.75, 3.05) is 61.6 Å². The molecule has 2 aliphatic rings. The highest BCUT2D eigenvalue weighted by Crippen LogP contribution is 2.39. The van der Waals surface area contributed by atoms with Gasteiger partial charge in [0.1, 0.15) is 11.6 Å². The Morgan fingerprint density at radius 1 is 1.13 bits per heavy atom. The number of hydrogen-bond donors (Lipinski definition) is 2. The molecule has 2 aromatic rings. The standard InChI is InChI=1S/C22H23F6N7O4/c1-33-14-8-12(21(23,24)25)9-30-18(14)35-5-4-34(11-15(35)20(33)38)16(36)2-6-39-7-3-29-13-10-31-32-19(37)17(13)22(26,27)28/h8-10,15H,2-7,11H2,1H3,(H2,29,32,37). The number of likely N-dealkylation sites (N-methyl/N-ethyl adjacent to an activating group) is 1. The van der Waals surface area contributed by atoms with Crippen molar-refractivity contribution in [1.82, 2.24) is 20.1 Å². The molecule has 4 rings (SSSR count). The van der Waals surface area contributed by atoms with Crippen LogP contribution in [0.3, 0.4) is 0 Å². The van der Waals surface area contributed by atoms with E-state index in [1.54, 1.807) is 10.00 Å². The summed E-state index contributed by atoms with van der Waals surface area (Å²) in [4.78, 5) is 45.1. The minimum Gasteiger partial charge on any atom is -0.381 e. The maximum absolute atomic E-state index is 13.1. The summed E-state index contributed by atoms with van der Waals surface area (Å²) in [6.45, 7) is 0.167. The largest absolute Gasteiger partial charge is 0.423 e. The molecule has 0 saturated carbocycles. The minimum atomic E-state index is -4.88. The Balaban J connectivity index is 1.28. The molecule has 1 atom stereocenters. The number of anilines is 3. The molecule has 2 aliphatic heterocycles. The second-order valence-corrected chi connectivity index (χ2v) is 8.79. The van der Waals surface area contributed by atoms with E-state index in [1.165, 1.54) is 11.9 Å². The molecule has 1 saturated heterocycles. The van der Waals surface area contributed by atoms with Crippen LogP contribution < -0.4 is 20.7 Å². The third-order valence-electron chi connectivity index (χ3n) is 6.32. The average molecular weight is 563 g/mol. The smallest absolute Gasteiger partial charge is 0.381 e. The van der Waals surface area contributed by atoms with Crippen molar-refractivity contribution >= 4 is 29.0 Å². The number of halogens is 6. The van der Waals surface area contributed by atoms with Crippen LogP contribution in [-0.4, -0.2) is 84.4 Å². The number of nitrogens with one attached hydrogen (secondary N) is 2. The molecule has 2 N–H and O–H groups in total. The maximum atomic E-state index is 13.1. The Hall–Kier alpha value is -3.89. The zero-order chi connectivity index (χ0) is 28.5. The highest BCUT2D eigenvalue weighted by molar-refractivity contribution is 6.05. The van der Waals surface area contributed by atoms with Crippen LogP contribution in [0.2, 0.25) is 0 Å². The third kappa shape index (κ3) is 5.91. The monoisotopic (exact) mass is 563 g/mol. The Morgan fingerprint density at radius 3 is 2.56 bits per heavy atom. The third-order valence-corrected chi connectivity index (χ3v) is 6.32. The van der Waals surface area contributed by atoms with Crippen molar-refractivity contribution in [3.63, 3.8) is 0 Å². The number of ether oxygens (including phenoxy) is 1. The number of hydrogen-bond acceptors (Lipinski definition) is 8. The number of nitrogens with zero attached hydrogens (tertiary/aromatic N) is 5. The van der Waals surface area contributed by atoms with Gasteiger partial charge in [-0.2, -0.15) is 31.4 Å². The van der Waals surface area contributed by atoms with E-state index in [9.17, 15) is 40.7 Å². The fraction of sp³-hybridized carbons (Fsp3) is 0.500. The highest BCUT2D eigenvalue weighted by Gasteiger charge is 2.43. The van der Waals surface area contributed by atoms with Gasteiger partial charge in [-0.1, -0.05) is 0 Å². The number of aromatic nitrogens is 3. The van der Waals surface area contributed by atoms with E-state index < -0.39 is 46.7 Å². The van der Waals surface area contributed by atoms with Gasteiger partial charge < -0.3 is 24.8 Å². The molecular formula is C22H23F6N7O4. The van der Waals surface area contributed by atoms with E-state index in [-0.39, 0.29) is 63.2 Å². The van der Waals surface area contributed by atoms with E-state index in [2.05, 4.69) is 15.4 Å². The molecule has 4 heterocycles. The summed E-state index contributed by atoms with van der Waals surface area (Å²) in [6, 6.07) is 0.0521. The predicted molar refractivity (Wildman–Crippen MR) is 124 cm³/mol. The molecule has 0 radical (unpaired) electrons. The fourth-order valence-electron chi connectivity index (χ4n) is 4.38. The molecular weight excluding hydrogens is 540 g/mol. The first-order valence-electron chi connectivity index (χ1n) is 11.6. The lowest BCUT2D eigenvalue weighted by molar-refractivity contribution is -0.138. The molecule has 2 amide bonds. The molecule has 0 bridgehead atoms. The van der Waals surface area contributed by atoms with E-state index in [0.717, 1.165) is 17.2 Å². The van der Waals surface area contributed by atoms with Gasteiger partial charge in [0.25, 0.3) is 11.5 Å². The van der Waals surface area contributed by atoms with Crippen LogP contribution in [0.5, 0.6) is 0 Å². The molecule has 2 aromatic heterocycles. The quantitative estimate of drug-likeness (QED) is 0.386. The molecule has 1 fully saturated rings. The van der Waals surface area contributed by atoms with E-state index in [1.807, 2.05) is 0 Å². The van der Waals surface area contributed by atoms with Gasteiger partial charge in [0, 0.05) is 32.9 Å². The number of fused-ring (bicyclic) bond motifs is 3. The summed E-state index contributed by atoms with van der Waals surface area (Å²) in [5.74, 6) is -0.583. The lowest BCUT2D eigenvalue weighted by Gasteiger charge is -2.46. The number of rotatable bonds is 7. The van der Waals surface area contributed by atoms with Crippen LogP contribution in [0.25, 0.3) is 0 Å². The number of piperazine rings is 1. The van der Waals surface area contributed by atoms with Gasteiger partial charge in [-0.3, -0.25) is 14.4 Å². The minimum absolute atomic E-state index is 0.00147. The molecule has 0 aliphatic carbocycles. The van der Waals surface area contributed by atoms with Crippen molar-refractivity contribution in [1.29, 1.82) is 0 Å². The summed E-state index contributed by atoms with van der Waals surface area (Å²) in [7, 11) is 1.35. The number of carbonyl (C=O) groups is 2. The Labute approximate surface area is 216 Å². The number of carbonyl (C=O) groups excluding carboxylic acids is 2. The molecule has 0 aromatic carbocycles. The van der Waals surface area contributed by atoms with E-state index in [4.69, 9.17) is 4.74 Å². The summed E-state index contributed by atoms with van der Waals surface area (Å²) < 4.78 is 83.8. The number of alkyl halides is 6. The SMILES string of the molecule is CN1C(=O)C2CN(C(=O)CCOCCNc3cn[nH]c(=O)c3C(F)(F)F)CCN2c2ncc(C(F)(F)F)cc21. The van der Waals surface area contributed by atoms with E-state index >= 15 is 0 Å². The van der Waals surface area contributed by atoms with Crippen molar-refractivity contribution in [2.45, 2.75) is 24.8 Å². The lowest BCUT2D eigenvalue weighted by Crippen LogP contribution is -2.63. The number of pyridine rings is 1. The first-order chi connectivity index (χ1) is 18.3. The van der Waals surface area contributed by atoms with Crippen molar-refractivity contribution in [3.05, 3.63) is 39.9 Å². The number of aromatic amines is 1. The fourth-order valence-corrected chi connectivity index (χ4v) is 4.38. The van der Waals surface area contributed by atoms with Gasteiger partial charge in [-0.05, 0) is 6.07 Å². The molecule has 1 unspecified atom stereocenters. The topological polar surface area (TPSA) is 124 Å².